The van der Waals surface area contributed by atoms with E-state index in [1.807, 2.05) is 42.5 Å². The average Bonchev–Trinajstić information content (AvgIpc) is 2.76. The number of hydrogen-bond acceptors (Lipinski definition) is 3. The number of ether oxygens (including phenoxy) is 1. The first kappa shape index (κ1) is 24.5. The number of hydrogen-bond donors (Lipinski definition) is 2. The standard InChI is InChI=1S/C25H24ClNO3.ClH/c26-24-17-23(13-12-22(24)7-4-15-27-16-14-25(28)29)30-18-19-8-10-21(11-9-19)20-5-2-1-3-6-20;/h1-13,17,27H,14-16,18H2,(H,28,29);1H/b7-4+;. The molecule has 0 bridgehead atoms. The molecule has 2 N–H and O–H groups in total. The van der Waals surface area contributed by atoms with Crippen molar-refractivity contribution in [1.82, 2.24) is 5.32 Å². The molecule has 6 heteroatoms. The van der Waals surface area contributed by atoms with E-state index in [4.69, 9.17) is 21.4 Å². The van der Waals surface area contributed by atoms with Gasteiger partial charge in [0.1, 0.15) is 12.4 Å². The lowest BCUT2D eigenvalue weighted by atomic mass is 10.0. The monoisotopic (exact) mass is 457 g/mol. The zero-order valence-electron chi connectivity index (χ0n) is 17.0. The lowest BCUT2D eigenvalue weighted by Gasteiger charge is -2.09. The first-order chi connectivity index (χ1) is 14.6. The Morgan fingerprint density at radius 3 is 2.39 bits per heavy atom. The quantitative estimate of drug-likeness (QED) is 0.361. The number of carbonyl (C=O) groups is 1. The minimum atomic E-state index is -0.808. The van der Waals surface area contributed by atoms with Gasteiger partial charge in [0.05, 0.1) is 11.4 Å². The van der Waals surface area contributed by atoms with Crippen molar-refractivity contribution in [2.75, 3.05) is 13.1 Å². The van der Waals surface area contributed by atoms with E-state index in [0.717, 1.165) is 11.1 Å². The van der Waals surface area contributed by atoms with Gasteiger partial charge in [-0.25, -0.2) is 0 Å². The van der Waals surface area contributed by atoms with E-state index in [9.17, 15) is 4.79 Å². The second kappa shape index (κ2) is 12.8. The molecule has 0 spiro atoms. The van der Waals surface area contributed by atoms with Crippen LogP contribution in [0.5, 0.6) is 5.75 Å². The van der Waals surface area contributed by atoms with Crippen molar-refractivity contribution >= 4 is 36.1 Å². The van der Waals surface area contributed by atoms with E-state index in [1.54, 1.807) is 6.07 Å². The summed E-state index contributed by atoms with van der Waals surface area (Å²) in [7, 11) is 0. The number of rotatable bonds is 10. The third-order valence-corrected chi connectivity index (χ3v) is 4.84. The number of carboxylic acids is 1. The molecule has 0 saturated carbocycles. The van der Waals surface area contributed by atoms with Gasteiger partial charge in [-0.2, -0.15) is 0 Å². The summed E-state index contributed by atoms with van der Waals surface area (Å²) in [5, 5.41) is 12.2. The van der Waals surface area contributed by atoms with Gasteiger partial charge < -0.3 is 15.2 Å². The lowest BCUT2D eigenvalue weighted by Crippen LogP contribution is -2.17. The maximum Gasteiger partial charge on any atom is 0.304 e. The van der Waals surface area contributed by atoms with Gasteiger partial charge in [-0.1, -0.05) is 78.4 Å². The van der Waals surface area contributed by atoms with Crippen molar-refractivity contribution in [2.24, 2.45) is 0 Å². The van der Waals surface area contributed by atoms with Gasteiger partial charge in [-0.05, 0) is 40.5 Å². The minimum Gasteiger partial charge on any atom is -0.489 e. The predicted octanol–water partition coefficient (Wildman–Crippen LogP) is 6.09. The molecule has 0 radical (unpaired) electrons. The molecule has 3 aromatic carbocycles. The number of nitrogens with one attached hydrogen (secondary N) is 1. The highest BCUT2D eigenvalue weighted by molar-refractivity contribution is 6.32. The smallest absolute Gasteiger partial charge is 0.304 e. The van der Waals surface area contributed by atoms with Crippen LogP contribution >= 0.6 is 24.0 Å². The highest BCUT2D eigenvalue weighted by Gasteiger charge is 2.02. The molecule has 0 fully saturated rings. The molecule has 31 heavy (non-hydrogen) atoms. The molecule has 0 heterocycles. The normalized spacial score (nSPS) is 10.6. The van der Waals surface area contributed by atoms with Crippen LogP contribution in [0.15, 0.2) is 78.9 Å². The van der Waals surface area contributed by atoms with E-state index in [0.29, 0.717) is 30.5 Å². The topological polar surface area (TPSA) is 58.6 Å². The first-order valence-electron chi connectivity index (χ1n) is 9.77. The highest BCUT2D eigenvalue weighted by atomic mass is 35.5. The summed E-state index contributed by atoms with van der Waals surface area (Å²) in [4.78, 5) is 10.5. The Kier molecular flexibility index (Phi) is 10.1. The van der Waals surface area contributed by atoms with Crippen molar-refractivity contribution in [3.8, 4) is 16.9 Å². The third kappa shape index (κ3) is 8.10. The minimum absolute atomic E-state index is 0. The lowest BCUT2D eigenvalue weighted by molar-refractivity contribution is -0.136. The summed E-state index contributed by atoms with van der Waals surface area (Å²) in [6.07, 6.45) is 3.93. The zero-order valence-corrected chi connectivity index (χ0v) is 18.5. The largest absolute Gasteiger partial charge is 0.489 e. The van der Waals surface area contributed by atoms with Crippen molar-refractivity contribution in [3.05, 3.63) is 95.0 Å². The predicted molar refractivity (Wildman–Crippen MR) is 129 cm³/mol. The van der Waals surface area contributed by atoms with Gasteiger partial charge in [-0.15, -0.1) is 12.4 Å². The molecular formula is C25H25Cl2NO3. The van der Waals surface area contributed by atoms with Gasteiger partial charge >= 0.3 is 5.97 Å². The fourth-order valence-electron chi connectivity index (χ4n) is 2.89. The van der Waals surface area contributed by atoms with Crippen LogP contribution in [0.3, 0.4) is 0 Å². The molecule has 4 nitrogen and oxygen atoms in total. The maximum absolute atomic E-state index is 10.5. The van der Waals surface area contributed by atoms with Gasteiger partial charge in [0.15, 0.2) is 0 Å². The van der Waals surface area contributed by atoms with E-state index in [2.05, 4.69) is 41.7 Å². The number of aliphatic carboxylic acids is 1. The second-order valence-electron chi connectivity index (χ2n) is 6.79. The molecule has 162 valence electrons. The second-order valence-corrected chi connectivity index (χ2v) is 7.19. The average molecular weight is 458 g/mol. The summed E-state index contributed by atoms with van der Waals surface area (Å²) in [6.45, 7) is 1.49. The highest BCUT2D eigenvalue weighted by Crippen LogP contribution is 2.25. The number of carboxylic acid groups (broad SMARTS) is 1. The van der Waals surface area contributed by atoms with Crippen LogP contribution in [0.4, 0.5) is 0 Å². The molecule has 3 rings (SSSR count). The molecule has 0 aliphatic rings. The number of benzene rings is 3. The van der Waals surface area contributed by atoms with Crippen LogP contribution in [0.25, 0.3) is 17.2 Å². The van der Waals surface area contributed by atoms with Gasteiger partial charge in [0, 0.05) is 13.1 Å². The van der Waals surface area contributed by atoms with Crippen LogP contribution in [-0.2, 0) is 11.4 Å². The molecule has 0 saturated heterocycles. The molecule has 0 atom stereocenters. The summed E-state index contributed by atoms with van der Waals surface area (Å²) >= 11 is 6.35. The summed E-state index contributed by atoms with van der Waals surface area (Å²) in [5.41, 5.74) is 4.34. The van der Waals surface area contributed by atoms with E-state index in [-0.39, 0.29) is 18.8 Å². The molecular weight excluding hydrogens is 433 g/mol. The van der Waals surface area contributed by atoms with Crippen LogP contribution in [-0.4, -0.2) is 24.2 Å². The van der Waals surface area contributed by atoms with Crippen molar-refractivity contribution in [2.45, 2.75) is 13.0 Å². The summed E-state index contributed by atoms with van der Waals surface area (Å²) in [6, 6.07) is 24.2. The third-order valence-electron chi connectivity index (χ3n) is 4.51. The van der Waals surface area contributed by atoms with Crippen molar-refractivity contribution in [1.29, 1.82) is 0 Å². The van der Waals surface area contributed by atoms with Crippen LogP contribution < -0.4 is 10.1 Å². The zero-order chi connectivity index (χ0) is 21.2. The SMILES string of the molecule is Cl.O=C(O)CCNC/C=C/c1ccc(OCc2ccc(-c3ccccc3)cc2)cc1Cl. The van der Waals surface area contributed by atoms with Gasteiger partial charge in [-0.3, -0.25) is 4.79 Å². The molecule has 0 unspecified atom stereocenters. The molecule has 3 aromatic rings. The summed E-state index contributed by atoms with van der Waals surface area (Å²) in [5.74, 6) is -0.0962. The Morgan fingerprint density at radius 1 is 1.00 bits per heavy atom. The Morgan fingerprint density at radius 2 is 1.71 bits per heavy atom. The first-order valence-corrected chi connectivity index (χ1v) is 10.2. The van der Waals surface area contributed by atoms with Gasteiger partial charge in [0.25, 0.3) is 0 Å². The molecule has 0 aliphatic heterocycles. The Balaban J connectivity index is 0.00000341. The van der Waals surface area contributed by atoms with E-state index >= 15 is 0 Å². The van der Waals surface area contributed by atoms with Crippen LogP contribution in [0.2, 0.25) is 5.02 Å². The Labute approximate surface area is 193 Å². The van der Waals surface area contributed by atoms with Crippen LogP contribution in [0.1, 0.15) is 17.5 Å². The maximum atomic E-state index is 10.5. The van der Waals surface area contributed by atoms with Crippen LogP contribution in [0, 0.1) is 0 Å². The fraction of sp³-hybridized carbons (Fsp3) is 0.160. The summed E-state index contributed by atoms with van der Waals surface area (Å²) < 4.78 is 5.88. The van der Waals surface area contributed by atoms with Crippen molar-refractivity contribution < 1.29 is 14.6 Å². The van der Waals surface area contributed by atoms with Gasteiger partial charge in [0.2, 0.25) is 0 Å². The van der Waals surface area contributed by atoms with Crippen molar-refractivity contribution in [3.63, 3.8) is 0 Å². The Hall–Kier alpha value is -2.79. The van der Waals surface area contributed by atoms with E-state index < -0.39 is 5.97 Å². The fourth-order valence-corrected chi connectivity index (χ4v) is 3.12. The Bertz CT molecular complexity index is 989. The molecule has 0 amide bonds. The number of halogens is 2. The van der Waals surface area contributed by atoms with E-state index in [1.165, 1.54) is 11.1 Å². The molecule has 0 aliphatic carbocycles. The molecule has 0 aromatic heterocycles.